The Bertz CT molecular complexity index is 412. The Morgan fingerprint density at radius 3 is 2.00 bits per heavy atom. The summed E-state index contributed by atoms with van der Waals surface area (Å²) in [5.41, 5.74) is 0. The Morgan fingerprint density at radius 2 is 1.50 bits per heavy atom. The summed E-state index contributed by atoms with van der Waals surface area (Å²) in [6.45, 7) is -1.95. The van der Waals surface area contributed by atoms with Crippen LogP contribution in [0.2, 0.25) is 0 Å². The number of rotatable bonds is 6. The first-order valence-corrected chi connectivity index (χ1v) is 7.26. The SMILES string of the molecule is NOC[C@@]1(O[C@@H]2O[C@@H](CO)[C@H](O)[C@@H](O)[C@@H]2O)O[C@H](CO)[C@@H](O)[C@@H]1O. The van der Waals surface area contributed by atoms with Crippen LogP contribution < -0.4 is 5.90 Å². The van der Waals surface area contributed by atoms with Gasteiger partial charge >= 0.3 is 0 Å². The first-order valence-electron chi connectivity index (χ1n) is 7.26. The van der Waals surface area contributed by atoms with E-state index in [0.29, 0.717) is 0 Å². The quantitative estimate of drug-likeness (QED) is 0.210. The zero-order valence-electron chi connectivity index (χ0n) is 12.6. The van der Waals surface area contributed by atoms with Gasteiger partial charge in [-0.1, -0.05) is 0 Å². The molecule has 0 saturated carbocycles. The molecule has 24 heavy (non-hydrogen) atoms. The molecule has 9 N–H and O–H groups in total. The topological polar surface area (TPSA) is 205 Å². The summed E-state index contributed by atoms with van der Waals surface area (Å²) in [4.78, 5) is 4.42. The molecule has 2 fully saturated rings. The third kappa shape index (κ3) is 3.41. The van der Waals surface area contributed by atoms with E-state index in [1.54, 1.807) is 0 Å². The molecule has 2 heterocycles. The van der Waals surface area contributed by atoms with Gasteiger partial charge in [0, 0.05) is 0 Å². The first kappa shape index (κ1) is 19.8. The van der Waals surface area contributed by atoms with Crippen molar-refractivity contribution in [3.05, 3.63) is 0 Å². The van der Waals surface area contributed by atoms with Crippen molar-refractivity contribution < 1.29 is 54.8 Å². The van der Waals surface area contributed by atoms with Gasteiger partial charge in [0.1, 0.15) is 49.3 Å². The molecule has 0 aromatic rings. The predicted molar refractivity (Wildman–Crippen MR) is 71.7 cm³/mol. The summed E-state index contributed by atoms with van der Waals surface area (Å²) in [5.74, 6) is 2.87. The summed E-state index contributed by atoms with van der Waals surface area (Å²) in [6.07, 6.45) is -12.5. The van der Waals surface area contributed by atoms with Crippen molar-refractivity contribution in [3.8, 4) is 0 Å². The zero-order valence-corrected chi connectivity index (χ0v) is 12.6. The maximum absolute atomic E-state index is 10.2. The lowest BCUT2D eigenvalue weighted by Crippen LogP contribution is -2.63. The molecule has 9 atom stereocenters. The summed E-state index contributed by atoms with van der Waals surface area (Å²) in [5, 5.41) is 67.8. The molecule has 2 saturated heterocycles. The number of nitrogens with two attached hydrogens (primary N) is 1. The van der Waals surface area contributed by atoms with Crippen LogP contribution in [0.4, 0.5) is 0 Å². The van der Waals surface area contributed by atoms with Crippen molar-refractivity contribution in [1.29, 1.82) is 0 Å². The number of hydrogen-bond acceptors (Lipinski definition) is 12. The van der Waals surface area contributed by atoms with E-state index in [1.807, 2.05) is 0 Å². The van der Waals surface area contributed by atoms with Gasteiger partial charge < -0.3 is 50.0 Å². The molecule has 2 aliphatic rings. The van der Waals surface area contributed by atoms with Crippen molar-refractivity contribution in [1.82, 2.24) is 0 Å². The minimum Gasteiger partial charge on any atom is -0.394 e. The van der Waals surface area contributed by atoms with Crippen molar-refractivity contribution >= 4 is 0 Å². The molecule has 2 rings (SSSR count). The largest absolute Gasteiger partial charge is 0.394 e. The molecular weight excluding hydrogens is 334 g/mol. The highest BCUT2D eigenvalue weighted by atomic mass is 16.8. The smallest absolute Gasteiger partial charge is 0.226 e. The van der Waals surface area contributed by atoms with Gasteiger partial charge in [-0.25, -0.2) is 5.90 Å². The van der Waals surface area contributed by atoms with Gasteiger partial charge in [0.05, 0.1) is 13.2 Å². The maximum Gasteiger partial charge on any atom is 0.226 e. The Hall–Kier alpha value is -0.480. The minimum atomic E-state index is -2.12. The second kappa shape index (κ2) is 7.82. The normalized spacial score (nSPS) is 49.5. The van der Waals surface area contributed by atoms with Gasteiger partial charge in [0.25, 0.3) is 0 Å². The van der Waals surface area contributed by atoms with Crippen LogP contribution in [-0.4, -0.2) is 110 Å². The summed E-state index contributed by atoms with van der Waals surface area (Å²) in [7, 11) is 0. The Morgan fingerprint density at radius 1 is 0.875 bits per heavy atom. The highest BCUT2D eigenvalue weighted by molar-refractivity contribution is 4.98. The second-order valence-electron chi connectivity index (χ2n) is 5.71. The molecule has 0 bridgehead atoms. The molecule has 0 radical (unpaired) electrons. The molecular formula is C12H23NO11. The van der Waals surface area contributed by atoms with Crippen LogP contribution in [0.15, 0.2) is 0 Å². The Balaban J connectivity index is 2.21. The molecule has 0 aromatic heterocycles. The van der Waals surface area contributed by atoms with Gasteiger partial charge in [-0.05, 0) is 0 Å². The van der Waals surface area contributed by atoms with E-state index in [9.17, 15) is 25.5 Å². The van der Waals surface area contributed by atoms with Gasteiger partial charge in [-0.2, -0.15) is 0 Å². The molecule has 0 spiro atoms. The molecule has 12 nitrogen and oxygen atoms in total. The van der Waals surface area contributed by atoms with E-state index >= 15 is 0 Å². The fourth-order valence-electron chi connectivity index (χ4n) is 2.73. The fourth-order valence-corrected chi connectivity index (χ4v) is 2.73. The average Bonchev–Trinajstić information content (AvgIpc) is 2.80. The highest BCUT2D eigenvalue weighted by Crippen LogP contribution is 2.36. The predicted octanol–water partition coefficient (Wildman–Crippen LogP) is -5.50. The zero-order chi connectivity index (χ0) is 18.1. The lowest BCUT2D eigenvalue weighted by molar-refractivity contribution is -0.385. The fraction of sp³-hybridized carbons (Fsp3) is 1.00. The van der Waals surface area contributed by atoms with E-state index in [4.69, 9.17) is 30.3 Å². The summed E-state index contributed by atoms with van der Waals surface area (Å²) in [6, 6.07) is 0. The highest BCUT2D eigenvalue weighted by Gasteiger charge is 2.58. The van der Waals surface area contributed by atoms with Crippen molar-refractivity contribution in [3.63, 3.8) is 0 Å². The Labute approximate surface area is 136 Å². The molecule has 12 heteroatoms. The second-order valence-corrected chi connectivity index (χ2v) is 5.71. The average molecular weight is 357 g/mol. The first-order chi connectivity index (χ1) is 11.3. The van der Waals surface area contributed by atoms with Crippen LogP contribution in [0, 0.1) is 0 Å². The molecule has 142 valence electrons. The molecule has 0 amide bonds. The van der Waals surface area contributed by atoms with Crippen molar-refractivity contribution in [2.24, 2.45) is 5.90 Å². The Kier molecular flexibility index (Phi) is 6.46. The maximum atomic E-state index is 10.2. The molecule has 2 aliphatic heterocycles. The third-order valence-corrected chi connectivity index (χ3v) is 4.13. The van der Waals surface area contributed by atoms with E-state index in [-0.39, 0.29) is 0 Å². The van der Waals surface area contributed by atoms with E-state index in [0.717, 1.165) is 0 Å². The van der Waals surface area contributed by atoms with Crippen LogP contribution in [0.1, 0.15) is 0 Å². The van der Waals surface area contributed by atoms with Crippen molar-refractivity contribution in [2.75, 3.05) is 19.8 Å². The van der Waals surface area contributed by atoms with E-state index in [2.05, 4.69) is 4.84 Å². The van der Waals surface area contributed by atoms with E-state index < -0.39 is 74.6 Å². The van der Waals surface area contributed by atoms with Crippen LogP contribution in [0.3, 0.4) is 0 Å². The minimum absolute atomic E-state index is 0.614. The molecule has 0 aliphatic carbocycles. The van der Waals surface area contributed by atoms with Gasteiger partial charge in [-0.3, -0.25) is 4.84 Å². The van der Waals surface area contributed by atoms with Crippen LogP contribution in [0.25, 0.3) is 0 Å². The number of aliphatic hydroxyl groups excluding tert-OH is 7. The third-order valence-electron chi connectivity index (χ3n) is 4.13. The number of aliphatic hydroxyl groups is 7. The van der Waals surface area contributed by atoms with Gasteiger partial charge in [-0.15, -0.1) is 0 Å². The standard InChI is InChI=1S/C12H23NO11/c13-21-3-12(10(20)7(17)5(2-15)23-12)24-11-9(19)8(18)6(16)4(1-14)22-11/h4-11,14-20H,1-3,13H2/t4-,5+,6-,7+,8+,9-,10-,11-,12-/m0/s1. The van der Waals surface area contributed by atoms with Crippen molar-refractivity contribution in [2.45, 2.75) is 54.8 Å². The van der Waals surface area contributed by atoms with Crippen LogP contribution in [0.5, 0.6) is 0 Å². The van der Waals surface area contributed by atoms with Crippen LogP contribution in [-0.2, 0) is 19.0 Å². The molecule has 0 aromatic carbocycles. The number of ether oxygens (including phenoxy) is 3. The van der Waals surface area contributed by atoms with Gasteiger partial charge in [0.15, 0.2) is 6.29 Å². The summed E-state index contributed by atoms with van der Waals surface area (Å²) < 4.78 is 15.8. The summed E-state index contributed by atoms with van der Waals surface area (Å²) >= 11 is 0. The monoisotopic (exact) mass is 357 g/mol. The number of hydrogen-bond donors (Lipinski definition) is 8. The lowest BCUT2D eigenvalue weighted by Gasteiger charge is -2.43. The molecule has 0 unspecified atom stereocenters. The van der Waals surface area contributed by atoms with E-state index in [1.165, 1.54) is 0 Å². The van der Waals surface area contributed by atoms with Crippen LogP contribution >= 0.6 is 0 Å². The van der Waals surface area contributed by atoms with Gasteiger partial charge in [0.2, 0.25) is 5.79 Å². The lowest BCUT2D eigenvalue weighted by atomic mass is 9.99.